The fourth-order valence-corrected chi connectivity index (χ4v) is 4.70. The van der Waals surface area contributed by atoms with E-state index in [9.17, 15) is 0 Å². The number of nitrogens with one attached hydrogen (secondary N) is 1. The first kappa shape index (κ1) is 20.6. The van der Waals surface area contributed by atoms with Crippen LogP contribution in [0.4, 0.5) is 11.5 Å². The number of anilines is 2. The average molecular weight is 403 g/mol. The summed E-state index contributed by atoms with van der Waals surface area (Å²) in [5.41, 5.74) is 6.24. The fourth-order valence-electron chi connectivity index (χ4n) is 4.70. The Hall–Kier alpha value is -2.62. The molecule has 1 N–H and O–H groups in total. The van der Waals surface area contributed by atoms with Gasteiger partial charge in [-0.1, -0.05) is 37.6 Å². The molecule has 1 aromatic heterocycles. The van der Waals surface area contributed by atoms with Crippen LogP contribution in [0.2, 0.25) is 0 Å². The van der Waals surface area contributed by atoms with E-state index in [4.69, 9.17) is 0 Å². The molecular weight excluding hydrogens is 368 g/mol. The van der Waals surface area contributed by atoms with Gasteiger partial charge in [-0.15, -0.1) is 5.10 Å². The van der Waals surface area contributed by atoms with Crippen LogP contribution in [0, 0.1) is 26.7 Å². The maximum absolute atomic E-state index is 4.56. The smallest absolute Gasteiger partial charge is 0.157 e. The van der Waals surface area contributed by atoms with Gasteiger partial charge >= 0.3 is 0 Å². The van der Waals surface area contributed by atoms with Crippen molar-refractivity contribution in [1.29, 1.82) is 0 Å². The maximum atomic E-state index is 4.56. The molecule has 4 rings (SSSR count). The van der Waals surface area contributed by atoms with Gasteiger partial charge in [-0.25, -0.2) is 0 Å². The Morgan fingerprint density at radius 1 is 1.03 bits per heavy atom. The highest BCUT2D eigenvalue weighted by Gasteiger charge is 2.19. The van der Waals surface area contributed by atoms with Gasteiger partial charge in [0, 0.05) is 29.5 Å². The third-order valence-corrected chi connectivity index (χ3v) is 6.97. The van der Waals surface area contributed by atoms with Gasteiger partial charge in [0.1, 0.15) is 0 Å². The number of aryl methyl sites for hydroxylation is 2. The highest BCUT2D eigenvalue weighted by Crippen LogP contribution is 2.32. The van der Waals surface area contributed by atoms with Crippen molar-refractivity contribution in [2.45, 2.75) is 59.9 Å². The molecule has 1 atom stereocenters. The molecule has 0 bridgehead atoms. The van der Waals surface area contributed by atoms with Crippen LogP contribution in [-0.4, -0.2) is 23.3 Å². The topological polar surface area (TPSA) is 41.1 Å². The largest absolute Gasteiger partial charge is 0.371 e. The van der Waals surface area contributed by atoms with Gasteiger partial charge in [-0.3, -0.25) is 0 Å². The molecule has 2 aromatic carbocycles. The molecule has 1 aliphatic rings. The van der Waals surface area contributed by atoms with Crippen LogP contribution in [0.5, 0.6) is 0 Å². The minimum Gasteiger partial charge on any atom is -0.371 e. The average Bonchev–Trinajstić information content (AvgIpc) is 2.77. The van der Waals surface area contributed by atoms with Crippen LogP contribution in [0.15, 0.2) is 36.4 Å². The van der Waals surface area contributed by atoms with Crippen molar-refractivity contribution < 1.29 is 0 Å². The first-order valence-corrected chi connectivity index (χ1v) is 11.3. The Morgan fingerprint density at radius 2 is 1.80 bits per heavy atom. The summed E-state index contributed by atoms with van der Waals surface area (Å²) in [7, 11) is 0. The lowest BCUT2D eigenvalue weighted by Crippen LogP contribution is -2.33. The number of benzene rings is 2. The Bertz CT molecular complexity index is 1030. The first-order valence-electron chi connectivity index (χ1n) is 11.3. The van der Waals surface area contributed by atoms with Crippen molar-refractivity contribution >= 4 is 22.3 Å². The van der Waals surface area contributed by atoms with E-state index in [0.717, 1.165) is 35.9 Å². The standard InChI is InChI=1S/C26H34N4/c1-6-21-12-14-30(15-13-21)22-10-11-24-20(5)28-29-26(25(24)16-22)27-19(4)23-9-7-8-17(2)18(23)3/h7-11,16,19,21H,6,12-15H2,1-5H3,(H,27,29)/t19-/m1/s1. The van der Waals surface area contributed by atoms with E-state index in [-0.39, 0.29) is 6.04 Å². The Kier molecular flexibility index (Phi) is 5.94. The number of fused-ring (bicyclic) bond motifs is 1. The van der Waals surface area contributed by atoms with Crippen LogP contribution >= 0.6 is 0 Å². The summed E-state index contributed by atoms with van der Waals surface area (Å²) in [5.74, 6) is 1.75. The van der Waals surface area contributed by atoms with Crippen LogP contribution in [0.1, 0.15) is 61.5 Å². The SMILES string of the molecule is CCC1CCN(c2ccc3c(C)nnc(N[C@H](C)c4cccc(C)c4C)c3c2)CC1. The molecular formula is C26H34N4. The van der Waals surface area contributed by atoms with Gasteiger partial charge in [0.15, 0.2) is 5.82 Å². The van der Waals surface area contributed by atoms with E-state index in [2.05, 4.69) is 84.5 Å². The Labute approximate surface area is 180 Å². The molecule has 158 valence electrons. The van der Waals surface area contributed by atoms with E-state index in [0.29, 0.717) is 0 Å². The summed E-state index contributed by atoms with van der Waals surface area (Å²) in [6, 6.07) is 13.4. The third-order valence-electron chi connectivity index (χ3n) is 6.97. The second-order valence-electron chi connectivity index (χ2n) is 8.86. The molecule has 30 heavy (non-hydrogen) atoms. The third kappa shape index (κ3) is 4.00. The number of piperidine rings is 1. The summed E-state index contributed by atoms with van der Waals surface area (Å²) in [5, 5.41) is 15.0. The van der Waals surface area contributed by atoms with E-state index in [1.165, 1.54) is 47.0 Å². The van der Waals surface area contributed by atoms with E-state index in [1.807, 2.05) is 6.92 Å². The van der Waals surface area contributed by atoms with Crippen LogP contribution in [0.3, 0.4) is 0 Å². The monoisotopic (exact) mass is 402 g/mol. The lowest BCUT2D eigenvalue weighted by Gasteiger charge is -2.33. The maximum Gasteiger partial charge on any atom is 0.157 e. The molecule has 4 nitrogen and oxygen atoms in total. The predicted molar refractivity (Wildman–Crippen MR) is 127 cm³/mol. The van der Waals surface area contributed by atoms with Crippen molar-refractivity contribution in [3.05, 3.63) is 58.8 Å². The summed E-state index contributed by atoms with van der Waals surface area (Å²) in [4.78, 5) is 2.53. The van der Waals surface area contributed by atoms with Crippen molar-refractivity contribution in [3.8, 4) is 0 Å². The molecule has 0 unspecified atom stereocenters. The zero-order valence-corrected chi connectivity index (χ0v) is 19.0. The van der Waals surface area contributed by atoms with Gasteiger partial charge in [-0.05, 0) is 75.3 Å². The molecule has 3 aromatic rings. The van der Waals surface area contributed by atoms with Crippen LogP contribution in [-0.2, 0) is 0 Å². The van der Waals surface area contributed by atoms with Gasteiger partial charge in [0.2, 0.25) is 0 Å². The lowest BCUT2D eigenvalue weighted by atomic mass is 9.94. The van der Waals surface area contributed by atoms with E-state index < -0.39 is 0 Å². The first-order chi connectivity index (χ1) is 14.5. The zero-order chi connectivity index (χ0) is 21.3. The van der Waals surface area contributed by atoms with E-state index in [1.54, 1.807) is 0 Å². The normalized spacial score (nSPS) is 16.1. The molecule has 0 spiro atoms. The Morgan fingerprint density at radius 3 is 2.53 bits per heavy atom. The van der Waals surface area contributed by atoms with Gasteiger partial charge in [0.25, 0.3) is 0 Å². The molecule has 0 radical (unpaired) electrons. The number of hydrogen-bond acceptors (Lipinski definition) is 4. The minimum atomic E-state index is 0.161. The van der Waals surface area contributed by atoms with Crippen molar-refractivity contribution in [3.63, 3.8) is 0 Å². The fraction of sp³-hybridized carbons (Fsp3) is 0.462. The second-order valence-corrected chi connectivity index (χ2v) is 8.86. The zero-order valence-electron chi connectivity index (χ0n) is 19.0. The summed E-state index contributed by atoms with van der Waals surface area (Å²) >= 11 is 0. The predicted octanol–water partition coefficient (Wildman–Crippen LogP) is 6.35. The van der Waals surface area contributed by atoms with Crippen LogP contribution < -0.4 is 10.2 Å². The van der Waals surface area contributed by atoms with Crippen molar-refractivity contribution in [1.82, 2.24) is 10.2 Å². The molecule has 0 saturated carbocycles. The molecule has 1 aliphatic heterocycles. The molecule has 1 saturated heterocycles. The summed E-state index contributed by atoms with van der Waals surface area (Å²) < 4.78 is 0. The quantitative estimate of drug-likeness (QED) is 0.539. The number of nitrogens with zero attached hydrogens (tertiary/aromatic N) is 3. The molecule has 0 aliphatic carbocycles. The second kappa shape index (κ2) is 8.63. The van der Waals surface area contributed by atoms with Gasteiger partial charge < -0.3 is 10.2 Å². The summed E-state index contributed by atoms with van der Waals surface area (Å²) in [6.45, 7) is 13.2. The van der Waals surface area contributed by atoms with Crippen molar-refractivity contribution in [2.75, 3.05) is 23.3 Å². The highest BCUT2D eigenvalue weighted by molar-refractivity contribution is 5.95. The van der Waals surface area contributed by atoms with Crippen molar-refractivity contribution in [2.24, 2.45) is 5.92 Å². The lowest BCUT2D eigenvalue weighted by molar-refractivity contribution is 0.395. The number of hydrogen-bond donors (Lipinski definition) is 1. The highest BCUT2D eigenvalue weighted by atomic mass is 15.2. The van der Waals surface area contributed by atoms with Crippen LogP contribution in [0.25, 0.3) is 10.8 Å². The van der Waals surface area contributed by atoms with Gasteiger partial charge in [-0.2, -0.15) is 5.10 Å². The minimum absolute atomic E-state index is 0.161. The summed E-state index contributed by atoms with van der Waals surface area (Å²) in [6.07, 6.45) is 3.87. The number of aromatic nitrogens is 2. The van der Waals surface area contributed by atoms with Gasteiger partial charge in [0.05, 0.1) is 11.7 Å². The van der Waals surface area contributed by atoms with E-state index >= 15 is 0 Å². The number of rotatable bonds is 5. The molecule has 0 amide bonds. The molecule has 1 fully saturated rings. The molecule has 4 heteroatoms. The Balaban J connectivity index is 1.66. The molecule has 2 heterocycles.